The molecule has 0 unspecified atom stereocenters. The molecule has 0 saturated heterocycles. The molecule has 1 aromatic rings. The molecule has 0 amide bonds. The SMILES string of the molecule is CCC(C)=O.CCCC.c1ccccc1. The monoisotopic (exact) mass is 208 g/mol. The van der Waals surface area contributed by atoms with Gasteiger partial charge < -0.3 is 4.79 Å². The predicted octanol–water partition coefficient (Wildman–Crippen LogP) is 4.48. The largest absolute Gasteiger partial charge is 0.300 e. The molecule has 0 atom stereocenters. The Hall–Kier alpha value is -1.11. The zero-order valence-corrected chi connectivity index (χ0v) is 10.5. The summed E-state index contributed by atoms with van der Waals surface area (Å²) in [7, 11) is 0. The molecule has 0 spiro atoms. The van der Waals surface area contributed by atoms with Crippen molar-refractivity contribution in [3.8, 4) is 0 Å². The fourth-order valence-electron chi connectivity index (χ4n) is 0.385. The van der Waals surface area contributed by atoms with E-state index in [0.717, 1.165) is 0 Å². The minimum atomic E-state index is 0.255. The van der Waals surface area contributed by atoms with Gasteiger partial charge in [-0.2, -0.15) is 0 Å². The standard InChI is InChI=1S/C6H6.C4H8O.C4H10/c1-2-4-6-5-3-1;1-3-4(2)5;1-3-4-2/h1-6H;3H2,1-2H3;3-4H2,1-2H3. The maximum Gasteiger partial charge on any atom is 0.129 e. The van der Waals surface area contributed by atoms with Gasteiger partial charge in [0, 0.05) is 6.42 Å². The maximum atomic E-state index is 9.81. The van der Waals surface area contributed by atoms with Gasteiger partial charge in [-0.05, 0) is 6.92 Å². The van der Waals surface area contributed by atoms with Gasteiger partial charge in [0.05, 0.1) is 0 Å². The fourth-order valence-corrected chi connectivity index (χ4v) is 0.385. The molecule has 0 heterocycles. The topological polar surface area (TPSA) is 17.1 Å². The van der Waals surface area contributed by atoms with Crippen LogP contribution in [0.2, 0.25) is 0 Å². The minimum Gasteiger partial charge on any atom is -0.300 e. The summed E-state index contributed by atoms with van der Waals surface area (Å²) in [5.41, 5.74) is 0. The molecule has 0 aliphatic heterocycles. The minimum absolute atomic E-state index is 0.255. The molecule has 0 N–H and O–H groups in total. The third kappa shape index (κ3) is 24.6. The quantitative estimate of drug-likeness (QED) is 0.700. The van der Waals surface area contributed by atoms with Crippen LogP contribution in [0.15, 0.2) is 36.4 Å². The van der Waals surface area contributed by atoms with Crippen LogP contribution in [0.4, 0.5) is 0 Å². The molecule has 1 aromatic carbocycles. The highest BCUT2D eigenvalue weighted by Crippen LogP contribution is 1.80. The number of Topliss-reactive ketones (excluding diaryl/α,β-unsaturated/α-hetero) is 1. The Morgan fingerprint density at radius 1 is 0.800 bits per heavy atom. The van der Waals surface area contributed by atoms with Gasteiger partial charge in [0.25, 0.3) is 0 Å². The third-order valence-corrected chi connectivity index (χ3v) is 1.66. The van der Waals surface area contributed by atoms with E-state index in [9.17, 15) is 4.79 Å². The van der Waals surface area contributed by atoms with Crippen molar-refractivity contribution in [1.29, 1.82) is 0 Å². The first kappa shape index (κ1) is 16.3. The van der Waals surface area contributed by atoms with Crippen LogP contribution in [0.5, 0.6) is 0 Å². The smallest absolute Gasteiger partial charge is 0.129 e. The lowest BCUT2D eigenvalue weighted by Gasteiger charge is -1.71. The van der Waals surface area contributed by atoms with Crippen molar-refractivity contribution in [3.63, 3.8) is 0 Å². The normalized spacial score (nSPS) is 7.73. The maximum absolute atomic E-state index is 9.81. The van der Waals surface area contributed by atoms with Gasteiger partial charge in [-0.3, -0.25) is 0 Å². The fraction of sp³-hybridized carbons (Fsp3) is 0.500. The van der Waals surface area contributed by atoms with Crippen molar-refractivity contribution in [2.45, 2.75) is 47.0 Å². The summed E-state index contributed by atoms with van der Waals surface area (Å²) in [5, 5.41) is 0. The van der Waals surface area contributed by atoms with Crippen LogP contribution in [0.3, 0.4) is 0 Å². The van der Waals surface area contributed by atoms with E-state index in [1.165, 1.54) is 12.8 Å². The van der Waals surface area contributed by atoms with Crippen molar-refractivity contribution in [2.24, 2.45) is 0 Å². The van der Waals surface area contributed by atoms with Crippen molar-refractivity contribution in [2.75, 3.05) is 0 Å². The summed E-state index contributed by atoms with van der Waals surface area (Å²) < 4.78 is 0. The summed E-state index contributed by atoms with van der Waals surface area (Å²) in [6.45, 7) is 7.79. The molecule has 0 aliphatic carbocycles. The van der Waals surface area contributed by atoms with Crippen molar-refractivity contribution in [3.05, 3.63) is 36.4 Å². The number of hydrogen-bond donors (Lipinski definition) is 0. The molecule has 0 bridgehead atoms. The Morgan fingerprint density at radius 3 is 1.07 bits per heavy atom. The number of rotatable bonds is 2. The predicted molar refractivity (Wildman–Crippen MR) is 68.0 cm³/mol. The van der Waals surface area contributed by atoms with E-state index in [0.29, 0.717) is 6.42 Å². The highest BCUT2D eigenvalue weighted by molar-refractivity contribution is 5.74. The average molecular weight is 208 g/mol. The van der Waals surface area contributed by atoms with Gasteiger partial charge in [-0.1, -0.05) is 70.0 Å². The zero-order chi connectivity index (χ0) is 11.9. The highest BCUT2D eigenvalue weighted by Gasteiger charge is 1.76. The van der Waals surface area contributed by atoms with Gasteiger partial charge in [-0.25, -0.2) is 0 Å². The molecule has 86 valence electrons. The van der Waals surface area contributed by atoms with Crippen LogP contribution in [-0.4, -0.2) is 5.78 Å². The number of carbonyl (C=O) groups excluding carboxylic acids is 1. The first-order valence-corrected chi connectivity index (χ1v) is 5.68. The lowest BCUT2D eigenvalue weighted by Crippen LogP contribution is -1.80. The van der Waals surface area contributed by atoms with Gasteiger partial charge in [-0.15, -0.1) is 0 Å². The van der Waals surface area contributed by atoms with E-state index in [4.69, 9.17) is 0 Å². The Balaban J connectivity index is 0. The molecule has 1 rings (SSSR count). The third-order valence-electron chi connectivity index (χ3n) is 1.66. The van der Waals surface area contributed by atoms with Crippen LogP contribution in [-0.2, 0) is 4.79 Å². The van der Waals surface area contributed by atoms with E-state index >= 15 is 0 Å². The average Bonchev–Trinajstić information content (AvgIpc) is 2.32. The number of benzene rings is 1. The molecular weight excluding hydrogens is 184 g/mol. The molecule has 0 radical (unpaired) electrons. The Kier molecular flexibility index (Phi) is 16.7. The first-order chi connectivity index (χ1) is 7.18. The van der Waals surface area contributed by atoms with Crippen LogP contribution >= 0.6 is 0 Å². The van der Waals surface area contributed by atoms with Crippen molar-refractivity contribution in [1.82, 2.24) is 0 Å². The van der Waals surface area contributed by atoms with Crippen molar-refractivity contribution < 1.29 is 4.79 Å². The van der Waals surface area contributed by atoms with Crippen LogP contribution in [0.25, 0.3) is 0 Å². The summed E-state index contributed by atoms with van der Waals surface area (Å²) in [6.07, 6.45) is 3.31. The summed E-state index contributed by atoms with van der Waals surface area (Å²) in [6, 6.07) is 12.0. The molecule has 0 aromatic heterocycles. The number of unbranched alkanes of at least 4 members (excludes halogenated alkanes) is 1. The summed E-state index contributed by atoms with van der Waals surface area (Å²) in [4.78, 5) is 9.81. The van der Waals surface area contributed by atoms with E-state index in [-0.39, 0.29) is 5.78 Å². The molecule has 0 aliphatic rings. The second kappa shape index (κ2) is 15.4. The van der Waals surface area contributed by atoms with Gasteiger partial charge >= 0.3 is 0 Å². The van der Waals surface area contributed by atoms with Gasteiger partial charge in [0.1, 0.15) is 5.78 Å². The highest BCUT2D eigenvalue weighted by atomic mass is 16.1. The molecule has 1 nitrogen and oxygen atoms in total. The second-order valence-corrected chi connectivity index (χ2v) is 3.21. The Morgan fingerprint density at radius 2 is 1.00 bits per heavy atom. The van der Waals surface area contributed by atoms with E-state index in [2.05, 4.69) is 13.8 Å². The number of hydrogen-bond acceptors (Lipinski definition) is 1. The Bertz CT molecular complexity index is 175. The van der Waals surface area contributed by atoms with Crippen LogP contribution < -0.4 is 0 Å². The second-order valence-electron chi connectivity index (χ2n) is 3.21. The van der Waals surface area contributed by atoms with Gasteiger partial charge in [0.2, 0.25) is 0 Å². The lowest BCUT2D eigenvalue weighted by atomic mass is 10.4. The van der Waals surface area contributed by atoms with Crippen LogP contribution in [0, 0.1) is 0 Å². The first-order valence-electron chi connectivity index (χ1n) is 5.68. The zero-order valence-electron chi connectivity index (χ0n) is 10.5. The molecule has 0 fully saturated rings. The van der Waals surface area contributed by atoms with E-state index < -0.39 is 0 Å². The number of carbonyl (C=O) groups is 1. The summed E-state index contributed by atoms with van der Waals surface area (Å²) >= 11 is 0. The molecule has 1 heteroatoms. The van der Waals surface area contributed by atoms with E-state index in [1.807, 2.05) is 43.3 Å². The molecule has 0 saturated carbocycles. The Labute approximate surface area is 94.5 Å². The number of ketones is 1. The lowest BCUT2D eigenvalue weighted by molar-refractivity contribution is -0.116. The molecule has 15 heavy (non-hydrogen) atoms. The summed E-state index contributed by atoms with van der Waals surface area (Å²) in [5.74, 6) is 0.255. The van der Waals surface area contributed by atoms with Crippen LogP contribution in [0.1, 0.15) is 47.0 Å². The van der Waals surface area contributed by atoms with Crippen molar-refractivity contribution >= 4 is 5.78 Å². The van der Waals surface area contributed by atoms with E-state index in [1.54, 1.807) is 6.92 Å². The van der Waals surface area contributed by atoms with Gasteiger partial charge in [0.15, 0.2) is 0 Å². The molecular formula is C14H24O.